The van der Waals surface area contributed by atoms with Crippen LogP contribution in [0.5, 0.6) is 0 Å². The van der Waals surface area contributed by atoms with Gasteiger partial charge in [0.05, 0.1) is 11.0 Å². The standard InChI is InChI=1S/C17H14N4/c1-10-7-8-15-17(19-10)21-16(20-15)13-9-11(2)18-14-6-4-3-5-12(13)14/h3-9H,1-2H3,(H,19,20,21). The van der Waals surface area contributed by atoms with Gasteiger partial charge >= 0.3 is 0 Å². The summed E-state index contributed by atoms with van der Waals surface area (Å²) in [5.41, 5.74) is 5.70. The van der Waals surface area contributed by atoms with Crippen molar-refractivity contribution in [2.45, 2.75) is 13.8 Å². The van der Waals surface area contributed by atoms with Crippen LogP contribution < -0.4 is 0 Å². The van der Waals surface area contributed by atoms with Gasteiger partial charge in [0.1, 0.15) is 5.82 Å². The number of imidazole rings is 1. The highest BCUT2D eigenvalue weighted by Gasteiger charge is 2.11. The molecule has 4 nitrogen and oxygen atoms in total. The highest BCUT2D eigenvalue weighted by molar-refractivity contribution is 5.94. The van der Waals surface area contributed by atoms with Crippen LogP contribution >= 0.6 is 0 Å². The predicted molar refractivity (Wildman–Crippen MR) is 84.1 cm³/mol. The second-order valence-corrected chi connectivity index (χ2v) is 5.24. The van der Waals surface area contributed by atoms with Gasteiger partial charge in [0.15, 0.2) is 5.65 Å². The summed E-state index contributed by atoms with van der Waals surface area (Å²) in [6.45, 7) is 3.97. The molecule has 1 aromatic carbocycles. The van der Waals surface area contributed by atoms with E-state index in [0.29, 0.717) is 0 Å². The van der Waals surface area contributed by atoms with Crippen LogP contribution in [0.4, 0.5) is 0 Å². The van der Waals surface area contributed by atoms with Crippen LogP contribution in [0.1, 0.15) is 11.4 Å². The molecule has 0 spiro atoms. The third-order valence-electron chi connectivity index (χ3n) is 3.58. The highest BCUT2D eigenvalue weighted by atomic mass is 15.0. The Bertz CT molecular complexity index is 969. The van der Waals surface area contributed by atoms with E-state index in [4.69, 9.17) is 0 Å². The van der Waals surface area contributed by atoms with E-state index in [1.165, 1.54) is 0 Å². The lowest BCUT2D eigenvalue weighted by Crippen LogP contribution is -1.89. The van der Waals surface area contributed by atoms with Crippen LogP contribution in [-0.2, 0) is 0 Å². The van der Waals surface area contributed by atoms with Gasteiger partial charge in [0.25, 0.3) is 0 Å². The van der Waals surface area contributed by atoms with E-state index in [-0.39, 0.29) is 0 Å². The largest absolute Gasteiger partial charge is 0.337 e. The van der Waals surface area contributed by atoms with E-state index in [9.17, 15) is 0 Å². The third kappa shape index (κ3) is 1.96. The molecule has 3 heterocycles. The molecule has 4 aromatic rings. The van der Waals surface area contributed by atoms with Crippen LogP contribution in [0.25, 0.3) is 33.5 Å². The number of hydrogen-bond donors (Lipinski definition) is 1. The molecule has 0 radical (unpaired) electrons. The lowest BCUT2D eigenvalue weighted by atomic mass is 10.1. The number of fused-ring (bicyclic) bond motifs is 2. The predicted octanol–water partition coefficient (Wildman–Crippen LogP) is 3.79. The average molecular weight is 274 g/mol. The summed E-state index contributed by atoms with van der Waals surface area (Å²) in [6, 6.07) is 14.2. The Labute approximate surface area is 121 Å². The van der Waals surface area contributed by atoms with Crippen molar-refractivity contribution >= 4 is 22.1 Å². The van der Waals surface area contributed by atoms with Crippen LogP contribution in [0.15, 0.2) is 42.5 Å². The number of pyridine rings is 2. The minimum absolute atomic E-state index is 0.753. The molecule has 0 bridgehead atoms. The van der Waals surface area contributed by atoms with Crippen LogP contribution in [0, 0.1) is 13.8 Å². The zero-order valence-corrected chi connectivity index (χ0v) is 11.9. The van der Waals surface area contributed by atoms with Gasteiger partial charge in [-0.25, -0.2) is 9.97 Å². The molecule has 0 aliphatic heterocycles. The van der Waals surface area contributed by atoms with Crippen molar-refractivity contribution in [1.29, 1.82) is 0 Å². The Morgan fingerprint density at radius 1 is 0.857 bits per heavy atom. The zero-order valence-electron chi connectivity index (χ0n) is 11.9. The first-order chi connectivity index (χ1) is 10.2. The van der Waals surface area contributed by atoms with Gasteiger partial charge < -0.3 is 4.98 Å². The quantitative estimate of drug-likeness (QED) is 0.574. The van der Waals surface area contributed by atoms with Crippen molar-refractivity contribution in [3.8, 4) is 11.4 Å². The van der Waals surface area contributed by atoms with Crippen molar-refractivity contribution in [2.75, 3.05) is 0 Å². The second kappa shape index (κ2) is 4.38. The number of H-pyrrole nitrogens is 1. The van der Waals surface area contributed by atoms with Gasteiger partial charge in [0, 0.05) is 22.3 Å². The summed E-state index contributed by atoms with van der Waals surface area (Å²) in [6.07, 6.45) is 0. The second-order valence-electron chi connectivity index (χ2n) is 5.24. The molecule has 0 saturated carbocycles. The lowest BCUT2D eigenvalue weighted by molar-refractivity contribution is 1.22. The number of rotatable bonds is 1. The summed E-state index contributed by atoms with van der Waals surface area (Å²) < 4.78 is 0. The normalized spacial score (nSPS) is 11.3. The summed E-state index contributed by atoms with van der Waals surface area (Å²) in [5.74, 6) is 0.838. The average Bonchev–Trinajstić information content (AvgIpc) is 2.89. The first-order valence-corrected chi connectivity index (χ1v) is 6.91. The minimum atomic E-state index is 0.753. The maximum absolute atomic E-state index is 4.64. The molecule has 4 heteroatoms. The highest BCUT2D eigenvalue weighted by Crippen LogP contribution is 2.27. The van der Waals surface area contributed by atoms with Gasteiger partial charge in [-0.1, -0.05) is 18.2 Å². The molecule has 3 aromatic heterocycles. The number of nitrogens with zero attached hydrogens (tertiary/aromatic N) is 3. The van der Waals surface area contributed by atoms with E-state index >= 15 is 0 Å². The number of aromatic nitrogens is 4. The van der Waals surface area contributed by atoms with Gasteiger partial charge in [-0.15, -0.1) is 0 Å². The maximum atomic E-state index is 4.64. The first kappa shape index (κ1) is 12.0. The molecule has 102 valence electrons. The molecule has 0 unspecified atom stereocenters. The topological polar surface area (TPSA) is 54.5 Å². The monoisotopic (exact) mass is 274 g/mol. The fraction of sp³-hybridized carbons (Fsp3) is 0.118. The van der Waals surface area contributed by atoms with Crippen molar-refractivity contribution < 1.29 is 0 Å². The number of para-hydroxylation sites is 1. The Morgan fingerprint density at radius 2 is 1.71 bits per heavy atom. The Balaban J connectivity index is 2.03. The fourth-order valence-electron chi connectivity index (χ4n) is 2.62. The van der Waals surface area contributed by atoms with Crippen molar-refractivity contribution in [2.24, 2.45) is 0 Å². The van der Waals surface area contributed by atoms with Gasteiger partial charge in [0.2, 0.25) is 0 Å². The molecular weight excluding hydrogens is 260 g/mol. The van der Waals surface area contributed by atoms with E-state index in [1.807, 2.05) is 44.2 Å². The van der Waals surface area contributed by atoms with Crippen LogP contribution in [-0.4, -0.2) is 19.9 Å². The van der Waals surface area contributed by atoms with Gasteiger partial charge in [-0.05, 0) is 38.1 Å². The molecule has 4 rings (SSSR count). The summed E-state index contributed by atoms with van der Waals surface area (Å²) in [5, 5.41) is 1.10. The third-order valence-corrected chi connectivity index (χ3v) is 3.58. The first-order valence-electron chi connectivity index (χ1n) is 6.91. The minimum Gasteiger partial charge on any atom is -0.337 e. The number of hydrogen-bond acceptors (Lipinski definition) is 3. The molecule has 0 amide bonds. The zero-order chi connectivity index (χ0) is 14.4. The van der Waals surface area contributed by atoms with Crippen molar-refractivity contribution in [1.82, 2.24) is 19.9 Å². The molecule has 1 N–H and O–H groups in total. The van der Waals surface area contributed by atoms with E-state index in [1.54, 1.807) is 0 Å². The number of aromatic amines is 1. The summed E-state index contributed by atoms with van der Waals surface area (Å²) in [7, 11) is 0. The number of nitrogens with one attached hydrogen (secondary N) is 1. The molecule has 0 fully saturated rings. The van der Waals surface area contributed by atoms with Crippen molar-refractivity contribution in [3.63, 3.8) is 0 Å². The van der Waals surface area contributed by atoms with E-state index in [2.05, 4.69) is 32.1 Å². The van der Waals surface area contributed by atoms with Crippen molar-refractivity contribution in [3.05, 3.63) is 53.9 Å². The Morgan fingerprint density at radius 3 is 2.62 bits per heavy atom. The van der Waals surface area contributed by atoms with E-state index < -0.39 is 0 Å². The molecule has 0 aliphatic carbocycles. The Kier molecular flexibility index (Phi) is 2.51. The number of aryl methyl sites for hydroxylation is 2. The van der Waals surface area contributed by atoms with Gasteiger partial charge in [-0.3, -0.25) is 4.98 Å². The molecule has 0 aliphatic rings. The number of benzene rings is 1. The Hall–Kier alpha value is -2.75. The molecular formula is C17H14N4. The lowest BCUT2D eigenvalue weighted by Gasteiger charge is -2.05. The molecule has 21 heavy (non-hydrogen) atoms. The fourth-order valence-corrected chi connectivity index (χ4v) is 2.62. The van der Waals surface area contributed by atoms with Crippen LogP contribution in [0.2, 0.25) is 0 Å². The molecule has 0 saturated heterocycles. The van der Waals surface area contributed by atoms with E-state index in [0.717, 1.165) is 44.8 Å². The SMILES string of the molecule is Cc1cc(-c2nc3nc(C)ccc3[nH]2)c2ccccc2n1. The smallest absolute Gasteiger partial charge is 0.178 e. The van der Waals surface area contributed by atoms with Gasteiger partial charge in [-0.2, -0.15) is 0 Å². The summed E-state index contributed by atoms with van der Waals surface area (Å²) in [4.78, 5) is 17.0. The maximum Gasteiger partial charge on any atom is 0.178 e. The molecule has 0 atom stereocenters. The summed E-state index contributed by atoms with van der Waals surface area (Å²) >= 11 is 0. The van der Waals surface area contributed by atoms with Crippen LogP contribution in [0.3, 0.4) is 0 Å².